The minimum absolute atomic E-state index is 0.0884. The summed E-state index contributed by atoms with van der Waals surface area (Å²) in [5, 5.41) is 28.1. The summed E-state index contributed by atoms with van der Waals surface area (Å²) in [4.78, 5) is 4.02. The number of aromatic hydroxyl groups is 1. The molecule has 0 aliphatic rings. The van der Waals surface area contributed by atoms with Crippen LogP contribution in [0.4, 0.5) is 0 Å². The molecule has 1 aromatic carbocycles. The lowest BCUT2D eigenvalue weighted by Crippen LogP contribution is -2.29. The molecule has 70 valence electrons. The third-order valence-electron chi connectivity index (χ3n) is 2.07. The first-order valence-electron chi connectivity index (χ1n) is 4.13. The van der Waals surface area contributed by atoms with E-state index in [0.717, 1.165) is 0 Å². The van der Waals surface area contributed by atoms with E-state index >= 15 is 0 Å². The van der Waals surface area contributed by atoms with Crippen molar-refractivity contribution in [2.24, 2.45) is 0 Å². The molecule has 0 fully saturated rings. The fraction of sp³-hybridized carbons (Fsp3) is 0. The van der Waals surface area contributed by atoms with Crippen LogP contribution in [0.1, 0.15) is 0 Å². The summed E-state index contributed by atoms with van der Waals surface area (Å²) >= 11 is 0. The first kappa shape index (κ1) is 8.99. The number of hydrogen-bond donors (Lipinski definition) is 3. The Hall–Kier alpha value is -1.59. The fourth-order valence-corrected chi connectivity index (χ4v) is 1.36. The predicted molar refractivity (Wildman–Crippen MR) is 53.2 cm³/mol. The van der Waals surface area contributed by atoms with E-state index in [-0.39, 0.29) is 11.2 Å². The third-order valence-corrected chi connectivity index (χ3v) is 2.07. The highest BCUT2D eigenvalue weighted by Gasteiger charge is 2.17. The molecule has 14 heavy (non-hydrogen) atoms. The third kappa shape index (κ3) is 1.32. The average Bonchev–Trinajstić information content (AvgIpc) is 2.18. The maximum Gasteiger partial charge on any atom is 0.492 e. The molecule has 1 heterocycles. The van der Waals surface area contributed by atoms with E-state index in [2.05, 4.69) is 4.98 Å². The zero-order chi connectivity index (χ0) is 10.1. The fourth-order valence-electron chi connectivity index (χ4n) is 1.36. The smallest absolute Gasteiger partial charge is 0.492 e. The Labute approximate surface area is 80.6 Å². The van der Waals surface area contributed by atoms with Gasteiger partial charge in [-0.1, -0.05) is 6.07 Å². The van der Waals surface area contributed by atoms with Gasteiger partial charge in [0.1, 0.15) is 5.75 Å². The SMILES string of the molecule is OB(O)c1ccc2ncccc2c1O. The van der Waals surface area contributed by atoms with Crippen molar-refractivity contribution in [2.75, 3.05) is 0 Å². The molecule has 0 spiro atoms. The van der Waals surface area contributed by atoms with Gasteiger partial charge in [0, 0.05) is 17.0 Å². The van der Waals surface area contributed by atoms with Gasteiger partial charge in [-0.3, -0.25) is 4.98 Å². The number of benzene rings is 1. The van der Waals surface area contributed by atoms with Crippen molar-refractivity contribution >= 4 is 23.5 Å². The standard InChI is InChI=1S/C9H8BNO3/c12-9-6-2-1-5-11-8(6)4-3-7(9)10(13)14/h1-5,12-14H. The summed E-state index contributed by atoms with van der Waals surface area (Å²) in [6, 6.07) is 6.41. The molecule has 0 aliphatic carbocycles. The summed E-state index contributed by atoms with van der Waals surface area (Å²) in [6.07, 6.45) is 1.61. The van der Waals surface area contributed by atoms with Crippen molar-refractivity contribution in [1.82, 2.24) is 4.98 Å². The van der Waals surface area contributed by atoms with Gasteiger partial charge in [-0.25, -0.2) is 0 Å². The van der Waals surface area contributed by atoms with E-state index in [4.69, 9.17) is 10.0 Å². The summed E-state index contributed by atoms with van der Waals surface area (Å²) in [6.45, 7) is 0. The summed E-state index contributed by atoms with van der Waals surface area (Å²) < 4.78 is 0. The van der Waals surface area contributed by atoms with Crippen LogP contribution in [-0.4, -0.2) is 27.3 Å². The van der Waals surface area contributed by atoms with E-state index in [1.54, 1.807) is 24.4 Å². The number of aromatic nitrogens is 1. The van der Waals surface area contributed by atoms with E-state index in [1.807, 2.05) is 0 Å². The highest BCUT2D eigenvalue weighted by Crippen LogP contribution is 2.20. The van der Waals surface area contributed by atoms with E-state index in [9.17, 15) is 5.11 Å². The van der Waals surface area contributed by atoms with Crippen LogP contribution in [0.3, 0.4) is 0 Å². The summed E-state index contributed by atoms with van der Waals surface area (Å²) in [5.41, 5.74) is 0.708. The van der Waals surface area contributed by atoms with Gasteiger partial charge >= 0.3 is 7.12 Å². The molecule has 0 atom stereocenters. The molecular formula is C9H8BNO3. The molecule has 0 saturated carbocycles. The van der Waals surface area contributed by atoms with Crippen LogP contribution in [0.2, 0.25) is 0 Å². The Kier molecular flexibility index (Phi) is 2.11. The van der Waals surface area contributed by atoms with Gasteiger partial charge in [-0.15, -0.1) is 0 Å². The molecule has 0 amide bonds. The second kappa shape index (κ2) is 3.28. The molecule has 3 N–H and O–H groups in total. The van der Waals surface area contributed by atoms with Crippen LogP contribution < -0.4 is 5.46 Å². The predicted octanol–water partition coefficient (Wildman–Crippen LogP) is -0.380. The van der Waals surface area contributed by atoms with Crippen LogP contribution >= 0.6 is 0 Å². The number of hydrogen-bond acceptors (Lipinski definition) is 4. The molecule has 0 unspecified atom stereocenters. The van der Waals surface area contributed by atoms with Crippen LogP contribution in [-0.2, 0) is 0 Å². The second-order valence-electron chi connectivity index (χ2n) is 2.95. The van der Waals surface area contributed by atoms with Crippen LogP contribution in [0, 0.1) is 0 Å². The Bertz CT molecular complexity index is 473. The Morgan fingerprint density at radius 1 is 1.14 bits per heavy atom. The van der Waals surface area contributed by atoms with Gasteiger partial charge in [0.25, 0.3) is 0 Å². The first-order valence-corrected chi connectivity index (χ1v) is 4.13. The average molecular weight is 189 g/mol. The van der Waals surface area contributed by atoms with E-state index < -0.39 is 7.12 Å². The normalized spacial score (nSPS) is 10.4. The van der Waals surface area contributed by atoms with E-state index in [1.165, 1.54) is 6.07 Å². The molecule has 2 rings (SSSR count). The minimum Gasteiger partial charge on any atom is -0.508 e. The van der Waals surface area contributed by atoms with E-state index in [0.29, 0.717) is 10.9 Å². The second-order valence-corrected chi connectivity index (χ2v) is 2.95. The molecule has 0 bridgehead atoms. The molecule has 4 nitrogen and oxygen atoms in total. The Balaban J connectivity index is 2.75. The van der Waals surface area contributed by atoms with Gasteiger partial charge in [-0.2, -0.15) is 0 Å². The molecule has 2 aromatic rings. The van der Waals surface area contributed by atoms with Crippen LogP contribution in [0.15, 0.2) is 30.5 Å². The lowest BCUT2D eigenvalue weighted by molar-refractivity contribution is 0.420. The highest BCUT2D eigenvalue weighted by molar-refractivity contribution is 6.60. The number of nitrogens with zero attached hydrogens (tertiary/aromatic N) is 1. The number of fused-ring (bicyclic) bond motifs is 1. The maximum absolute atomic E-state index is 9.66. The number of pyridine rings is 1. The largest absolute Gasteiger partial charge is 0.508 e. The Morgan fingerprint density at radius 2 is 1.93 bits per heavy atom. The molecule has 1 aromatic heterocycles. The molecule has 0 aliphatic heterocycles. The highest BCUT2D eigenvalue weighted by atomic mass is 16.4. The molecular weight excluding hydrogens is 181 g/mol. The van der Waals surface area contributed by atoms with Gasteiger partial charge in [-0.05, 0) is 18.2 Å². The van der Waals surface area contributed by atoms with Gasteiger partial charge in [0.05, 0.1) is 5.52 Å². The zero-order valence-electron chi connectivity index (χ0n) is 7.25. The van der Waals surface area contributed by atoms with Crippen molar-refractivity contribution in [3.8, 4) is 5.75 Å². The van der Waals surface area contributed by atoms with Crippen molar-refractivity contribution in [3.05, 3.63) is 30.5 Å². The zero-order valence-corrected chi connectivity index (χ0v) is 7.25. The molecule has 0 saturated heterocycles. The lowest BCUT2D eigenvalue weighted by Gasteiger charge is -2.05. The van der Waals surface area contributed by atoms with Gasteiger partial charge < -0.3 is 15.2 Å². The van der Waals surface area contributed by atoms with Crippen LogP contribution in [0.5, 0.6) is 5.75 Å². The quantitative estimate of drug-likeness (QED) is 0.534. The van der Waals surface area contributed by atoms with Crippen molar-refractivity contribution in [1.29, 1.82) is 0 Å². The number of rotatable bonds is 1. The topological polar surface area (TPSA) is 73.6 Å². The number of phenols is 1. The maximum atomic E-state index is 9.66. The van der Waals surface area contributed by atoms with Crippen molar-refractivity contribution < 1.29 is 15.2 Å². The Morgan fingerprint density at radius 3 is 2.64 bits per heavy atom. The molecule has 0 radical (unpaired) electrons. The lowest BCUT2D eigenvalue weighted by atomic mass is 9.79. The van der Waals surface area contributed by atoms with Crippen LogP contribution in [0.25, 0.3) is 10.9 Å². The minimum atomic E-state index is -1.67. The van der Waals surface area contributed by atoms with Gasteiger partial charge in [0.2, 0.25) is 0 Å². The van der Waals surface area contributed by atoms with Gasteiger partial charge in [0.15, 0.2) is 0 Å². The summed E-state index contributed by atoms with van der Waals surface area (Å²) in [5.74, 6) is -0.134. The summed E-state index contributed by atoms with van der Waals surface area (Å²) in [7, 11) is -1.67. The number of phenolic OH excluding ortho intramolecular Hbond substituents is 1. The van der Waals surface area contributed by atoms with Crippen molar-refractivity contribution in [2.45, 2.75) is 0 Å². The van der Waals surface area contributed by atoms with Crippen molar-refractivity contribution in [3.63, 3.8) is 0 Å². The first-order chi connectivity index (χ1) is 6.70. The molecule has 5 heteroatoms. The monoisotopic (exact) mass is 189 g/mol.